The van der Waals surface area contributed by atoms with Crippen molar-refractivity contribution in [2.75, 3.05) is 11.4 Å². The number of carbonyl (C=O) groups excluding carboxylic acids is 4. The molecule has 0 spiro atoms. The maximum absolute atomic E-state index is 13.5. The van der Waals surface area contributed by atoms with E-state index in [-0.39, 0.29) is 23.6 Å². The number of halogens is 1. The van der Waals surface area contributed by atoms with Crippen LogP contribution in [0.15, 0.2) is 48.5 Å². The third-order valence-electron chi connectivity index (χ3n) is 6.61. The molecule has 5 rings (SSSR count). The number of imide groups is 1. The van der Waals surface area contributed by atoms with Crippen molar-refractivity contribution in [1.82, 2.24) is 4.90 Å². The highest BCUT2D eigenvalue weighted by atomic mass is 35.5. The van der Waals surface area contributed by atoms with Crippen LogP contribution in [0.25, 0.3) is 0 Å². The molecule has 0 aliphatic carbocycles. The minimum Gasteiger partial charge on any atom is -0.427 e. The SMILES string of the molecule is CC(=O)Oc1ccc(N2C(=O)[C@@H]3[C@H](C2=O)[C@H]2CCCN2[C@@H]3C(=O)c2ccc(Cl)cc2)cc1. The van der Waals surface area contributed by atoms with Gasteiger partial charge in [-0.3, -0.25) is 24.1 Å². The number of nitrogens with zero attached hydrogens (tertiary/aromatic N) is 2. The molecule has 0 bridgehead atoms. The molecule has 0 unspecified atom stereocenters. The van der Waals surface area contributed by atoms with E-state index in [1.165, 1.54) is 11.8 Å². The van der Waals surface area contributed by atoms with E-state index < -0.39 is 23.8 Å². The summed E-state index contributed by atoms with van der Waals surface area (Å²) < 4.78 is 5.03. The lowest BCUT2D eigenvalue weighted by molar-refractivity contribution is -0.132. The zero-order valence-electron chi connectivity index (χ0n) is 17.4. The average Bonchev–Trinajstić information content (AvgIpc) is 3.41. The largest absolute Gasteiger partial charge is 0.427 e. The summed E-state index contributed by atoms with van der Waals surface area (Å²) in [4.78, 5) is 54.8. The molecule has 2 amide bonds. The van der Waals surface area contributed by atoms with Gasteiger partial charge in [0.2, 0.25) is 11.8 Å². The summed E-state index contributed by atoms with van der Waals surface area (Å²) in [5.41, 5.74) is 0.891. The van der Waals surface area contributed by atoms with Gasteiger partial charge < -0.3 is 4.74 Å². The summed E-state index contributed by atoms with van der Waals surface area (Å²) >= 11 is 5.97. The molecule has 32 heavy (non-hydrogen) atoms. The number of amides is 2. The van der Waals surface area contributed by atoms with Crippen LogP contribution in [0.4, 0.5) is 5.69 Å². The van der Waals surface area contributed by atoms with Gasteiger partial charge in [-0.2, -0.15) is 0 Å². The molecule has 3 fully saturated rings. The van der Waals surface area contributed by atoms with Crippen LogP contribution in [0.1, 0.15) is 30.1 Å². The Morgan fingerprint density at radius 2 is 1.62 bits per heavy atom. The first-order valence-corrected chi connectivity index (χ1v) is 11.0. The van der Waals surface area contributed by atoms with Gasteiger partial charge in [0.25, 0.3) is 0 Å². The summed E-state index contributed by atoms with van der Waals surface area (Å²) in [6, 6.07) is 12.1. The number of hydrogen-bond donors (Lipinski definition) is 0. The molecule has 3 aliphatic heterocycles. The van der Waals surface area contributed by atoms with E-state index >= 15 is 0 Å². The normalized spacial score (nSPS) is 26.9. The molecule has 0 aromatic heterocycles. The van der Waals surface area contributed by atoms with Crippen molar-refractivity contribution < 1.29 is 23.9 Å². The van der Waals surface area contributed by atoms with Crippen molar-refractivity contribution in [3.05, 3.63) is 59.1 Å². The first-order chi connectivity index (χ1) is 15.4. The second-order valence-corrected chi connectivity index (χ2v) is 8.85. The number of Topliss-reactive ketones (excluding diaryl/α,β-unsaturated/α-hetero) is 1. The molecule has 3 heterocycles. The summed E-state index contributed by atoms with van der Waals surface area (Å²) in [7, 11) is 0. The molecule has 7 nitrogen and oxygen atoms in total. The summed E-state index contributed by atoms with van der Waals surface area (Å²) in [6.45, 7) is 1.99. The smallest absolute Gasteiger partial charge is 0.308 e. The lowest BCUT2D eigenvalue weighted by atomic mass is 9.85. The number of carbonyl (C=O) groups is 4. The van der Waals surface area contributed by atoms with Gasteiger partial charge in [0, 0.05) is 23.6 Å². The average molecular weight is 453 g/mol. The van der Waals surface area contributed by atoms with E-state index in [9.17, 15) is 19.2 Å². The van der Waals surface area contributed by atoms with Gasteiger partial charge in [-0.05, 0) is 67.9 Å². The zero-order valence-corrected chi connectivity index (χ0v) is 18.1. The Balaban J connectivity index is 1.48. The molecule has 2 aromatic rings. The number of hydrogen-bond acceptors (Lipinski definition) is 6. The van der Waals surface area contributed by atoms with E-state index in [0.29, 0.717) is 28.6 Å². The van der Waals surface area contributed by atoms with Gasteiger partial charge in [-0.25, -0.2) is 4.90 Å². The Bertz CT molecular complexity index is 1110. The first-order valence-electron chi connectivity index (χ1n) is 10.6. The summed E-state index contributed by atoms with van der Waals surface area (Å²) in [5, 5.41) is 0.528. The van der Waals surface area contributed by atoms with E-state index in [4.69, 9.17) is 16.3 Å². The van der Waals surface area contributed by atoms with Gasteiger partial charge in [0.05, 0.1) is 23.6 Å². The maximum Gasteiger partial charge on any atom is 0.308 e. The van der Waals surface area contributed by atoms with Crippen molar-refractivity contribution in [2.45, 2.75) is 31.8 Å². The Morgan fingerprint density at radius 3 is 2.28 bits per heavy atom. The highest BCUT2D eigenvalue weighted by Gasteiger charge is 2.64. The molecule has 3 aliphatic rings. The minimum atomic E-state index is -0.718. The molecule has 0 N–H and O–H groups in total. The minimum absolute atomic E-state index is 0.122. The molecule has 8 heteroatoms. The Morgan fingerprint density at radius 1 is 0.969 bits per heavy atom. The van der Waals surface area contributed by atoms with Crippen molar-refractivity contribution in [3.63, 3.8) is 0 Å². The van der Waals surface area contributed by atoms with Crippen LogP contribution >= 0.6 is 11.6 Å². The van der Waals surface area contributed by atoms with Gasteiger partial charge in [0.1, 0.15) is 5.75 Å². The number of anilines is 1. The van der Waals surface area contributed by atoms with Gasteiger partial charge in [-0.1, -0.05) is 11.6 Å². The first kappa shape index (κ1) is 20.8. The second kappa shape index (κ2) is 7.83. The Hall–Kier alpha value is -3.03. The highest BCUT2D eigenvalue weighted by molar-refractivity contribution is 6.30. The molecule has 2 aromatic carbocycles. The molecule has 0 saturated carbocycles. The fourth-order valence-electron chi connectivity index (χ4n) is 5.38. The van der Waals surface area contributed by atoms with Crippen molar-refractivity contribution in [2.24, 2.45) is 11.8 Å². The molecule has 164 valence electrons. The molecule has 0 radical (unpaired) electrons. The number of rotatable bonds is 4. The van der Waals surface area contributed by atoms with Gasteiger partial charge in [-0.15, -0.1) is 0 Å². The lowest BCUT2D eigenvalue weighted by Gasteiger charge is -2.27. The predicted octanol–water partition coefficient (Wildman–Crippen LogP) is 3.10. The van der Waals surface area contributed by atoms with E-state index in [1.54, 1.807) is 48.5 Å². The number of benzene rings is 2. The third kappa shape index (κ3) is 3.24. The lowest BCUT2D eigenvalue weighted by Crippen LogP contribution is -2.46. The third-order valence-corrected chi connectivity index (χ3v) is 6.86. The number of fused-ring (bicyclic) bond motifs is 3. The molecular formula is C24H21ClN2O5. The van der Waals surface area contributed by atoms with Crippen LogP contribution in [0.3, 0.4) is 0 Å². The number of ether oxygens (including phenoxy) is 1. The second-order valence-electron chi connectivity index (χ2n) is 8.41. The van der Waals surface area contributed by atoms with Crippen LogP contribution in [0, 0.1) is 11.8 Å². The molecule has 4 atom stereocenters. The molecule has 3 saturated heterocycles. The van der Waals surface area contributed by atoms with Crippen LogP contribution < -0.4 is 9.64 Å². The monoisotopic (exact) mass is 452 g/mol. The standard InChI is InChI=1S/C24H21ClN2O5/c1-13(28)32-17-10-8-16(9-11-17)27-23(30)19-18-3-2-12-26(18)21(20(19)24(27)31)22(29)14-4-6-15(25)7-5-14/h4-11,18-21H,2-3,12H2,1H3/t18-,19-,20-,21+/m1/s1. The predicted molar refractivity (Wildman–Crippen MR) is 117 cm³/mol. The summed E-state index contributed by atoms with van der Waals surface area (Å²) in [6.07, 6.45) is 1.67. The number of ketones is 1. The van der Waals surface area contributed by atoms with Gasteiger partial charge >= 0.3 is 5.97 Å². The van der Waals surface area contributed by atoms with Crippen LogP contribution in [0.5, 0.6) is 5.75 Å². The Labute approximate surface area is 189 Å². The van der Waals surface area contributed by atoms with Gasteiger partial charge in [0.15, 0.2) is 5.78 Å². The fraction of sp³-hybridized carbons (Fsp3) is 0.333. The zero-order chi connectivity index (χ0) is 22.6. The van der Waals surface area contributed by atoms with E-state index in [0.717, 1.165) is 12.8 Å². The maximum atomic E-state index is 13.5. The summed E-state index contributed by atoms with van der Waals surface area (Å²) in [5.74, 6) is -2.17. The van der Waals surface area contributed by atoms with E-state index in [1.807, 2.05) is 4.90 Å². The topological polar surface area (TPSA) is 84.0 Å². The van der Waals surface area contributed by atoms with E-state index in [2.05, 4.69) is 0 Å². The quantitative estimate of drug-likeness (QED) is 0.307. The van der Waals surface area contributed by atoms with Crippen molar-refractivity contribution >= 4 is 40.9 Å². The van der Waals surface area contributed by atoms with Crippen LogP contribution in [-0.2, 0) is 14.4 Å². The van der Waals surface area contributed by atoms with Crippen LogP contribution in [-0.4, -0.2) is 47.1 Å². The van der Waals surface area contributed by atoms with Crippen molar-refractivity contribution in [3.8, 4) is 5.75 Å². The van der Waals surface area contributed by atoms with Crippen LogP contribution in [0.2, 0.25) is 5.02 Å². The van der Waals surface area contributed by atoms with Crippen molar-refractivity contribution in [1.29, 1.82) is 0 Å². The fourth-order valence-corrected chi connectivity index (χ4v) is 5.51. The molecular weight excluding hydrogens is 432 g/mol. The Kier molecular flexibility index (Phi) is 5.10. The highest BCUT2D eigenvalue weighted by Crippen LogP contribution is 2.48. The number of esters is 1.